The lowest BCUT2D eigenvalue weighted by Gasteiger charge is -2.14. The van der Waals surface area contributed by atoms with Gasteiger partial charge < -0.3 is 16.4 Å². The van der Waals surface area contributed by atoms with E-state index in [2.05, 4.69) is 10.6 Å². The third kappa shape index (κ3) is 5.33. The molecule has 8 heteroatoms. The fraction of sp³-hybridized carbons (Fsp3) is 0.286. The van der Waals surface area contributed by atoms with Crippen molar-refractivity contribution in [3.05, 3.63) is 24.3 Å². The Balaban J connectivity index is 2.72. The molecular weight excluding hydrogens is 288 g/mol. The number of hydrogen-bond acceptors (Lipinski definition) is 5. The van der Waals surface area contributed by atoms with Crippen LogP contribution in [0.5, 0.6) is 0 Å². The average molecular weight is 306 g/mol. The summed E-state index contributed by atoms with van der Waals surface area (Å²) in [6, 6.07) is 6.30. The molecule has 0 bridgehead atoms. The summed E-state index contributed by atoms with van der Waals surface area (Å²) in [4.78, 5) is 46.2. The van der Waals surface area contributed by atoms with E-state index in [0.29, 0.717) is 30.8 Å². The molecule has 0 saturated carbocycles. The normalized spacial score (nSPS) is 9.73. The Labute approximate surface area is 127 Å². The molecule has 118 valence electrons. The minimum Gasteiger partial charge on any atom is -0.330 e. The van der Waals surface area contributed by atoms with Crippen LogP contribution < -0.4 is 16.4 Å². The number of nitrogens with zero attached hydrogens (tertiary/aromatic N) is 1. The Bertz CT molecular complexity index is 574. The van der Waals surface area contributed by atoms with Gasteiger partial charge >= 0.3 is 11.8 Å². The van der Waals surface area contributed by atoms with E-state index in [4.69, 9.17) is 5.73 Å². The maximum atomic E-state index is 11.8. The van der Waals surface area contributed by atoms with Crippen molar-refractivity contribution in [2.75, 3.05) is 23.7 Å². The maximum Gasteiger partial charge on any atom is 0.318 e. The van der Waals surface area contributed by atoms with Crippen LogP contribution in [0.3, 0.4) is 0 Å². The Hall–Kier alpha value is -2.74. The van der Waals surface area contributed by atoms with Gasteiger partial charge in [-0.05, 0) is 31.2 Å². The molecule has 1 aromatic carbocycles. The maximum absolute atomic E-state index is 11.8. The van der Waals surface area contributed by atoms with Gasteiger partial charge in [0.15, 0.2) is 0 Å². The largest absolute Gasteiger partial charge is 0.330 e. The van der Waals surface area contributed by atoms with Crippen LogP contribution in [0.15, 0.2) is 24.3 Å². The minimum absolute atomic E-state index is 0.0815. The highest BCUT2D eigenvalue weighted by Crippen LogP contribution is 2.15. The summed E-state index contributed by atoms with van der Waals surface area (Å²) in [5.74, 6) is -2.16. The Morgan fingerprint density at radius 3 is 2.41 bits per heavy atom. The zero-order valence-corrected chi connectivity index (χ0v) is 12.2. The van der Waals surface area contributed by atoms with Crippen LogP contribution in [-0.4, -0.2) is 42.1 Å². The molecule has 22 heavy (non-hydrogen) atoms. The summed E-state index contributed by atoms with van der Waals surface area (Å²) in [6.07, 6.45) is 0.709. The molecule has 4 amide bonds. The number of amides is 4. The minimum atomic E-state index is -0.964. The molecule has 0 unspecified atom stereocenters. The van der Waals surface area contributed by atoms with E-state index in [1.807, 2.05) is 0 Å². The Morgan fingerprint density at radius 2 is 1.86 bits per heavy atom. The van der Waals surface area contributed by atoms with Gasteiger partial charge in [-0.15, -0.1) is 0 Å². The topological polar surface area (TPSA) is 122 Å². The van der Waals surface area contributed by atoms with Crippen molar-refractivity contribution < 1.29 is 19.2 Å². The zero-order chi connectivity index (χ0) is 16.5. The van der Waals surface area contributed by atoms with Gasteiger partial charge in [0.05, 0.1) is 0 Å². The molecule has 0 aliphatic heterocycles. The van der Waals surface area contributed by atoms with E-state index in [1.54, 1.807) is 18.2 Å². The second kappa shape index (κ2) is 8.53. The lowest BCUT2D eigenvalue weighted by molar-refractivity contribution is -0.146. The summed E-state index contributed by atoms with van der Waals surface area (Å²) >= 11 is 0. The Kier molecular flexibility index (Phi) is 6.71. The lowest BCUT2D eigenvalue weighted by Crippen LogP contribution is -2.39. The summed E-state index contributed by atoms with van der Waals surface area (Å²) in [5, 5.41) is 4.93. The van der Waals surface area contributed by atoms with E-state index in [0.717, 1.165) is 4.90 Å². The number of rotatable bonds is 6. The fourth-order valence-corrected chi connectivity index (χ4v) is 1.66. The molecule has 0 radical (unpaired) electrons. The fourth-order valence-electron chi connectivity index (χ4n) is 1.66. The van der Waals surface area contributed by atoms with Crippen LogP contribution in [0.1, 0.15) is 13.3 Å². The lowest BCUT2D eigenvalue weighted by atomic mass is 10.2. The SMILES string of the molecule is CC(=O)Nc1cccc(NC(=O)C(=O)N(C=O)CCCN)c1. The first-order valence-corrected chi connectivity index (χ1v) is 6.63. The van der Waals surface area contributed by atoms with Crippen molar-refractivity contribution in [3.63, 3.8) is 0 Å². The molecule has 0 aromatic heterocycles. The standard InChI is InChI=1S/C14H18N4O4/c1-10(20)16-11-4-2-5-12(8-11)17-13(21)14(22)18(9-19)7-3-6-15/h2,4-5,8-9H,3,6-7,15H2,1H3,(H,16,20)(H,17,21). The second-order valence-corrected chi connectivity index (χ2v) is 4.46. The van der Waals surface area contributed by atoms with Crippen LogP contribution >= 0.6 is 0 Å². The summed E-state index contributed by atoms with van der Waals surface area (Å²) in [5.41, 5.74) is 6.11. The molecule has 0 spiro atoms. The summed E-state index contributed by atoms with van der Waals surface area (Å²) in [6.45, 7) is 1.74. The molecule has 0 aliphatic rings. The van der Waals surface area contributed by atoms with Gasteiger partial charge in [-0.25, -0.2) is 0 Å². The first-order chi connectivity index (χ1) is 10.5. The number of carbonyl (C=O) groups is 4. The molecular formula is C14H18N4O4. The van der Waals surface area contributed by atoms with Crippen molar-refractivity contribution in [2.45, 2.75) is 13.3 Å². The Morgan fingerprint density at radius 1 is 1.23 bits per heavy atom. The van der Waals surface area contributed by atoms with Crippen molar-refractivity contribution in [1.82, 2.24) is 4.90 Å². The molecule has 8 nitrogen and oxygen atoms in total. The van der Waals surface area contributed by atoms with Gasteiger partial charge in [0, 0.05) is 24.8 Å². The quantitative estimate of drug-likeness (QED) is 0.501. The van der Waals surface area contributed by atoms with Crippen LogP contribution in [0.2, 0.25) is 0 Å². The van der Waals surface area contributed by atoms with E-state index >= 15 is 0 Å². The molecule has 0 fully saturated rings. The predicted molar refractivity (Wildman–Crippen MR) is 80.8 cm³/mol. The predicted octanol–water partition coefficient (Wildman–Crippen LogP) is -0.0827. The smallest absolute Gasteiger partial charge is 0.318 e. The number of hydrogen-bond donors (Lipinski definition) is 3. The molecule has 0 atom stereocenters. The van der Waals surface area contributed by atoms with E-state index in [-0.39, 0.29) is 12.5 Å². The zero-order valence-electron chi connectivity index (χ0n) is 12.2. The number of carbonyl (C=O) groups excluding carboxylic acids is 4. The van der Waals surface area contributed by atoms with Gasteiger partial charge in [0.2, 0.25) is 12.3 Å². The van der Waals surface area contributed by atoms with Gasteiger partial charge in [0.1, 0.15) is 0 Å². The highest BCUT2D eigenvalue weighted by atomic mass is 16.2. The third-order valence-corrected chi connectivity index (χ3v) is 2.63. The summed E-state index contributed by atoms with van der Waals surface area (Å²) in [7, 11) is 0. The molecule has 0 heterocycles. The number of nitrogens with two attached hydrogens (primary N) is 1. The van der Waals surface area contributed by atoms with Crippen molar-refractivity contribution in [3.8, 4) is 0 Å². The van der Waals surface area contributed by atoms with Crippen LogP contribution in [0.4, 0.5) is 11.4 Å². The van der Waals surface area contributed by atoms with E-state index in [9.17, 15) is 19.2 Å². The first kappa shape index (κ1) is 17.3. The van der Waals surface area contributed by atoms with Crippen molar-refractivity contribution >= 4 is 35.5 Å². The highest BCUT2D eigenvalue weighted by Gasteiger charge is 2.21. The average Bonchev–Trinajstić information content (AvgIpc) is 2.47. The first-order valence-electron chi connectivity index (χ1n) is 6.63. The number of anilines is 2. The number of benzene rings is 1. The molecule has 1 rings (SSSR count). The molecule has 0 aliphatic carbocycles. The summed E-state index contributed by atoms with van der Waals surface area (Å²) < 4.78 is 0. The van der Waals surface area contributed by atoms with Crippen LogP contribution in [0.25, 0.3) is 0 Å². The monoisotopic (exact) mass is 306 g/mol. The van der Waals surface area contributed by atoms with Crippen molar-refractivity contribution in [1.29, 1.82) is 0 Å². The van der Waals surface area contributed by atoms with Gasteiger partial charge in [-0.3, -0.25) is 24.1 Å². The molecule has 4 N–H and O–H groups in total. The molecule has 0 saturated heterocycles. The number of nitrogens with one attached hydrogen (secondary N) is 2. The van der Waals surface area contributed by atoms with Gasteiger partial charge in [-0.2, -0.15) is 0 Å². The third-order valence-electron chi connectivity index (χ3n) is 2.63. The van der Waals surface area contributed by atoms with Crippen molar-refractivity contribution in [2.24, 2.45) is 5.73 Å². The second-order valence-electron chi connectivity index (χ2n) is 4.46. The number of imide groups is 1. The van der Waals surface area contributed by atoms with E-state index in [1.165, 1.54) is 13.0 Å². The van der Waals surface area contributed by atoms with Gasteiger partial charge in [0.25, 0.3) is 0 Å². The van der Waals surface area contributed by atoms with Crippen LogP contribution in [-0.2, 0) is 19.2 Å². The highest BCUT2D eigenvalue weighted by molar-refractivity contribution is 6.41. The van der Waals surface area contributed by atoms with Gasteiger partial charge in [-0.1, -0.05) is 6.07 Å². The van der Waals surface area contributed by atoms with Crippen LogP contribution in [0, 0.1) is 0 Å². The van der Waals surface area contributed by atoms with E-state index < -0.39 is 11.8 Å². The molecule has 1 aromatic rings.